The highest BCUT2D eigenvalue weighted by molar-refractivity contribution is 7.76. The van der Waals surface area contributed by atoms with Crippen LogP contribution in [-0.2, 0) is 9.98 Å². The minimum absolute atomic E-state index is 0.0413. The van der Waals surface area contributed by atoms with Crippen LogP contribution in [0.15, 0.2) is 103 Å². The number of hydrogen-bond donors (Lipinski definition) is 1. The Morgan fingerprint density at radius 2 is 1.26 bits per heavy atom. The normalized spacial score (nSPS) is 19.2. The van der Waals surface area contributed by atoms with Crippen LogP contribution in [0.5, 0.6) is 0 Å². The van der Waals surface area contributed by atoms with Gasteiger partial charge in [0.2, 0.25) is 7.29 Å². The summed E-state index contributed by atoms with van der Waals surface area (Å²) < 4.78 is 14.8. The Morgan fingerprint density at radius 1 is 0.706 bits per heavy atom. The maximum Gasteiger partial charge on any atom is 0.204 e. The zero-order valence-corrected chi connectivity index (χ0v) is 21.0. The van der Waals surface area contributed by atoms with Crippen molar-refractivity contribution >= 4 is 28.7 Å². The van der Waals surface area contributed by atoms with Gasteiger partial charge in [0.1, 0.15) is 0 Å². The van der Waals surface area contributed by atoms with Gasteiger partial charge in [-0.25, -0.2) is 0 Å². The molecule has 0 unspecified atom stereocenters. The van der Waals surface area contributed by atoms with Gasteiger partial charge in [-0.2, -0.15) is 0 Å². The van der Waals surface area contributed by atoms with Gasteiger partial charge in [0.05, 0.1) is 0 Å². The Bertz CT molecular complexity index is 1260. The summed E-state index contributed by atoms with van der Waals surface area (Å²) in [6.45, 7) is 4.75. The molecule has 4 aromatic carbocycles. The van der Waals surface area contributed by atoms with E-state index in [2.05, 4.69) is 61.4 Å². The van der Waals surface area contributed by atoms with E-state index in [1.807, 2.05) is 60.7 Å². The van der Waals surface area contributed by atoms with Crippen molar-refractivity contribution in [3.63, 3.8) is 0 Å². The van der Waals surface area contributed by atoms with Crippen molar-refractivity contribution in [2.45, 2.75) is 51.0 Å². The van der Waals surface area contributed by atoms with Crippen LogP contribution in [-0.4, -0.2) is 6.04 Å². The second-order valence-corrected chi connectivity index (χ2v) is 12.7. The largest absolute Gasteiger partial charge is 0.297 e. The maximum atomic E-state index is 14.8. The summed E-state index contributed by atoms with van der Waals surface area (Å²) in [5.74, 6) is 0.392. The third-order valence-electron chi connectivity index (χ3n) is 7.77. The number of rotatable bonds is 6. The lowest BCUT2D eigenvalue weighted by atomic mass is 9.65. The van der Waals surface area contributed by atoms with E-state index in [-0.39, 0.29) is 11.5 Å². The molecule has 3 heteroatoms. The first-order chi connectivity index (χ1) is 16.5. The van der Waals surface area contributed by atoms with E-state index in [4.69, 9.17) is 0 Å². The van der Waals surface area contributed by atoms with Crippen LogP contribution in [0.2, 0.25) is 0 Å². The first-order valence-electron chi connectivity index (χ1n) is 12.5. The van der Waals surface area contributed by atoms with Crippen LogP contribution in [0.3, 0.4) is 0 Å². The molecule has 2 atom stereocenters. The average molecular weight is 468 g/mol. The van der Waals surface area contributed by atoms with Crippen LogP contribution in [0.25, 0.3) is 10.8 Å². The lowest BCUT2D eigenvalue weighted by Gasteiger charge is -2.44. The Labute approximate surface area is 203 Å². The number of benzene rings is 4. The molecule has 34 heavy (non-hydrogen) atoms. The summed E-state index contributed by atoms with van der Waals surface area (Å²) in [6, 6.07) is 35.6. The molecule has 0 aliphatic heterocycles. The molecule has 1 aliphatic rings. The van der Waals surface area contributed by atoms with Gasteiger partial charge in [0, 0.05) is 16.7 Å². The standard InChI is InChI=1S/C31H34NOP/c1-31(2,26-22-21-24-13-9-10-14-25(24)23-26)29-19-11-12-20-30(29)32-34(33,27-15-5-3-6-16-27)28-17-7-4-8-18-28/h3-10,13-18,21-23,29-30H,11-12,19-20H2,1-2H3,(H,32,33)/t29-,30-/m0/s1. The molecule has 0 amide bonds. The third-order valence-corrected chi connectivity index (χ3v) is 10.5. The first-order valence-corrected chi connectivity index (χ1v) is 14.2. The van der Waals surface area contributed by atoms with Crippen molar-refractivity contribution in [2.24, 2.45) is 5.92 Å². The van der Waals surface area contributed by atoms with Gasteiger partial charge >= 0.3 is 0 Å². The smallest absolute Gasteiger partial charge is 0.204 e. The molecule has 0 heterocycles. The number of fused-ring (bicyclic) bond motifs is 1. The predicted octanol–water partition coefficient (Wildman–Crippen LogP) is 7.19. The molecule has 4 aromatic rings. The van der Waals surface area contributed by atoms with E-state index in [0.29, 0.717) is 5.92 Å². The van der Waals surface area contributed by atoms with Crippen molar-refractivity contribution < 1.29 is 4.57 Å². The van der Waals surface area contributed by atoms with Crippen molar-refractivity contribution in [1.29, 1.82) is 0 Å². The molecule has 2 nitrogen and oxygen atoms in total. The molecule has 5 rings (SSSR count). The van der Waals surface area contributed by atoms with Gasteiger partial charge in [-0.1, -0.05) is 106 Å². The number of nitrogens with one attached hydrogen (secondary N) is 1. The van der Waals surface area contributed by atoms with Crippen LogP contribution >= 0.6 is 7.29 Å². The van der Waals surface area contributed by atoms with Gasteiger partial charge in [0.25, 0.3) is 0 Å². The molecule has 0 bridgehead atoms. The lowest BCUT2D eigenvalue weighted by Crippen LogP contribution is -2.48. The lowest BCUT2D eigenvalue weighted by molar-refractivity contribution is 0.192. The van der Waals surface area contributed by atoms with Gasteiger partial charge in [-0.3, -0.25) is 9.65 Å². The van der Waals surface area contributed by atoms with Crippen molar-refractivity contribution in [3.8, 4) is 0 Å². The minimum atomic E-state index is -2.98. The molecular formula is C31H34NOP. The van der Waals surface area contributed by atoms with Crippen molar-refractivity contribution in [2.75, 3.05) is 0 Å². The Morgan fingerprint density at radius 3 is 1.91 bits per heavy atom. The highest BCUT2D eigenvalue weighted by Gasteiger charge is 2.41. The Kier molecular flexibility index (Phi) is 6.47. The van der Waals surface area contributed by atoms with Crippen molar-refractivity contribution in [3.05, 3.63) is 109 Å². The van der Waals surface area contributed by atoms with E-state index in [1.54, 1.807) is 0 Å². The summed E-state index contributed by atoms with van der Waals surface area (Å²) in [5, 5.41) is 8.11. The molecule has 0 radical (unpaired) electrons. The predicted molar refractivity (Wildman–Crippen MR) is 146 cm³/mol. The van der Waals surface area contributed by atoms with Gasteiger partial charge in [0.15, 0.2) is 0 Å². The quantitative estimate of drug-likeness (QED) is 0.304. The third kappa shape index (κ3) is 4.38. The molecular weight excluding hydrogens is 433 g/mol. The Hall–Kier alpha value is -2.67. The van der Waals surface area contributed by atoms with Crippen LogP contribution in [0.1, 0.15) is 45.1 Å². The molecule has 0 spiro atoms. The van der Waals surface area contributed by atoms with Crippen LogP contribution in [0, 0.1) is 5.92 Å². The van der Waals surface area contributed by atoms with Crippen molar-refractivity contribution in [1.82, 2.24) is 5.09 Å². The maximum absolute atomic E-state index is 14.8. The second-order valence-electron chi connectivity index (χ2n) is 10.2. The SMILES string of the molecule is CC(C)(c1ccc2ccccc2c1)[C@H]1CCCC[C@@H]1NP(=O)(c1ccccc1)c1ccccc1. The van der Waals surface area contributed by atoms with E-state index in [9.17, 15) is 4.57 Å². The molecule has 1 saturated carbocycles. The fourth-order valence-electron chi connectivity index (χ4n) is 5.76. The fraction of sp³-hybridized carbons (Fsp3) is 0.290. The van der Waals surface area contributed by atoms with E-state index < -0.39 is 7.29 Å². The summed E-state index contributed by atoms with van der Waals surface area (Å²) >= 11 is 0. The topological polar surface area (TPSA) is 29.1 Å². The summed E-state index contributed by atoms with van der Waals surface area (Å²) in [6.07, 6.45) is 4.58. The van der Waals surface area contributed by atoms with E-state index in [0.717, 1.165) is 23.5 Å². The average Bonchev–Trinajstić information content (AvgIpc) is 2.89. The highest BCUT2D eigenvalue weighted by Crippen LogP contribution is 2.47. The molecule has 0 saturated heterocycles. The molecule has 1 N–H and O–H groups in total. The Balaban J connectivity index is 1.53. The molecule has 1 aliphatic carbocycles. The molecule has 1 fully saturated rings. The summed E-state index contributed by atoms with van der Waals surface area (Å²) in [5.41, 5.74) is 1.32. The van der Waals surface area contributed by atoms with Crippen LogP contribution < -0.4 is 15.7 Å². The minimum Gasteiger partial charge on any atom is -0.297 e. The highest BCUT2D eigenvalue weighted by atomic mass is 31.2. The molecule has 174 valence electrons. The van der Waals surface area contributed by atoms with E-state index >= 15 is 0 Å². The number of hydrogen-bond acceptors (Lipinski definition) is 1. The van der Waals surface area contributed by atoms with Gasteiger partial charge < -0.3 is 0 Å². The van der Waals surface area contributed by atoms with Gasteiger partial charge in [-0.15, -0.1) is 0 Å². The molecule has 0 aromatic heterocycles. The zero-order valence-electron chi connectivity index (χ0n) is 20.2. The summed E-state index contributed by atoms with van der Waals surface area (Å²) in [7, 11) is -2.98. The monoisotopic (exact) mass is 467 g/mol. The fourth-order valence-corrected chi connectivity index (χ4v) is 8.32. The summed E-state index contributed by atoms with van der Waals surface area (Å²) in [4.78, 5) is 0. The first kappa shape index (κ1) is 23.1. The second kappa shape index (κ2) is 9.53. The van der Waals surface area contributed by atoms with Crippen LogP contribution in [0.4, 0.5) is 0 Å². The van der Waals surface area contributed by atoms with E-state index in [1.165, 1.54) is 29.2 Å². The zero-order chi connectivity index (χ0) is 23.6. The van der Waals surface area contributed by atoms with Gasteiger partial charge in [-0.05, 0) is 64.8 Å².